The van der Waals surface area contributed by atoms with Crippen LogP contribution in [0.25, 0.3) is 0 Å². The largest absolute Gasteiger partial charge is 0.497 e. The Bertz CT molecular complexity index is 1030. The Labute approximate surface area is 181 Å². The standard InChI is InChI=1S/C23H27N5O3/c1-16-21(17(2)28(27-16)15-18-7-5-4-6-8-18)13-24-22(29)14-25-23(30)26-19-9-11-20(31-3)12-10-19/h4-12H,13-15H2,1-3H3,(H,24,29)(H2,25,26,30). The minimum Gasteiger partial charge on any atom is -0.497 e. The zero-order valence-electron chi connectivity index (χ0n) is 17.9. The summed E-state index contributed by atoms with van der Waals surface area (Å²) in [5.41, 5.74) is 4.63. The van der Waals surface area contributed by atoms with Crippen LogP contribution in [0.15, 0.2) is 54.6 Å². The molecule has 0 atom stereocenters. The molecule has 0 spiro atoms. The van der Waals surface area contributed by atoms with Crippen molar-refractivity contribution in [2.45, 2.75) is 26.9 Å². The third-order valence-electron chi connectivity index (χ3n) is 4.93. The summed E-state index contributed by atoms with van der Waals surface area (Å²) in [7, 11) is 1.57. The summed E-state index contributed by atoms with van der Waals surface area (Å²) in [6, 6.07) is 16.6. The number of aromatic nitrogens is 2. The molecule has 0 radical (unpaired) electrons. The maximum Gasteiger partial charge on any atom is 0.319 e. The van der Waals surface area contributed by atoms with Gasteiger partial charge in [0.15, 0.2) is 0 Å². The van der Waals surface area contributed by atoms with Gasteiger partial charge in [-0.25, -0.2) is 4.79 Å². The number of carbonyl (C=O) groups excluding carboxylic acids is 2. The lowest BCUT2D eigenvalue weighted by atomic mass is 10.2. The van der Waals surface area contributed by atoms with Crippen LogP contribution in [0.2, 0.25) is 0 Å². The number of benzene rings is 2. The molecule has 0 bridgehead atoms. The van der Waals surface area contributed by atoms with Crippen molar-refractivity contribution < 1.29 is 14.3 Å². The molecule has 1 aromatic heterocycles. The molecule has 31 heavy (non-hydrogen) atoms. The quantitative estimate of drug-likeness (QED) is 0.521. The molecule has 0 aliphatic rings. The molecule has 0 saturated carbocycles. The molecule has 8 nitrogen and oxygen atoms in total. The van der Waals surface area contributed by atoms with E-state index in [9.17, 15) is 9.59 Å². The van der Waals surface area contributed by atoms with Gasteiger partial charge in [-0.3, -0.25) is 9.48 Å². The second-order valence-electron chi connectivity index (χ2n) is 7.11. The average molecular weight is 422 g/mol. The molecule has 0 unspecified atom stereocenters. The zero-order valence-corrected chi connectivity index (χ0v) is 17.9. The van der Waals surface area contributed by atoms with Crippen LogP contribution in [0, 0.1) is 13.8 Å². The molecule has 3 rings (SSSR count). The third-order valence-corrected chi connectivity index (χ3v) is 4.93. The van der Waals surface area contributed by atoms with Crippen LogP contribution in [0.4, 0.5) is 10.5 Å². The molecular formula is C23H27N5O3. The first-order valence-electron chi connectivity index (χ1n) is 9.98. The number of aryl methyl sites for hydroxylation is 1. The van der Waals surface area contributed by atoms with E-state index in [0.717, 1.165) is 22.5 Å². The van der Waals surface area contributed by atoms with Crippen LogP contribution in [0.3, 0.4) is 0 Å². The van der Waals surface area contributed by atoms with Gasteiger partial charge in [0.1, 0.15) is 5.75 Å². The number of methoxy groups -OCH3 is 1. The molecule has 162 valence electrons. The van der Waals surface area contributed by atoms with E-state index in [2.05, 4.69) is 33.2 Å². The smallest absolute Gasteiger partial charge is 0.319 e. The Morgan fingerprint density at radius 2 is 1.71 bits per heavy atom. The lowest BCUT2D eigenvalue weighted by Gasteiger charge is -2.09. The van der Waals surface area contributed by atoms with Crippen molar-refractivity contribution in [3.63, 3.8) is 0 Å². The average Bonchev–Trinajstić information content (AvgIpc) is 3.04. The Kier molecular flexibility index (Phi) is 7.26. The number of urea groups is 1. The molecule has 2 aromatic carbocycles. The zero-order chi connectivity index (χ0) is 22.2. The van der Waals surface area contributed by atoms with E-state index in [1.807, 2.05) is 36.7 Å². The van der Waals surface area contributed by atoms with Crippen molar-refractivity contribution >= 4 is 17.6 Å². The van der Waals surface area contributed by atoms with Gasteiger partial charge in [0.05, 0.1) is 25.9 Å². The molecule has 0 aliphatic carbocycles. The van der Waals surface area contributed by atoms with Gasteiger partial charge in [-0.05, 0) is 43.7 Å². The number of amides is 3. The minimum atomic E-state index is -0.455. The maximum atomic E-state index is 12.2. The van der Waals surface area contributed by atoms with Crippen molar-refractivity contribution in [1.82, 2.24) is 20.4 Å². The number of carbonyl (C=O) groups is 2. The number of nitrogens with zero attached hydrogens (tertiary/aromatic N) is 2. The van der Waals surface area contributed by atoms with Gasteiger partial charge in [-0.1, -0.05) is 30.3 Å². The highest BCUT2D eigenvalue weighted by Gasteiger charge is 2.13. The highest BCUT2D eigenvalue weighted by atomic mass is 16.5. The van der Waals surface area contributed by atoms with E-state index in [0.29, 0.717) is 24.5 Å². The molecule has 3 aromatic rings. The fourth-order valence-electron chi connectivity index (χ4n) is 3.16. The van der Waals surface area contributed by atoms with E-state index < -0.39 is 6.03 Å². The number of anilines is 1. The fourth-order valence-corrected chi connectivity index (χ4v) is 3.16. The molecule has 1 heterocycles. The predicted molar refractivity (Wildman–Crippen MR) is 119 cm³/mol. The Morgan fingerprint density at radius 1 is 1.00 bits per heavy atom. The van der Waals surface area contributed by atoms with Crippen LogP contribution in [0.5, 0.6) is 5.75 Å². The van der Waals surface area contributed by atoms with Gasteiger partial charge in [0.2, 0.25) is 5.91 Å². The van der Waals surface area contributed by atoms with E-state index in [1.165, 1.54) is 0 Å². The van der Waals surface area contributed by atoms with E-state index >= 15 is 0 Å². The lowest BCUT2D eigenvalue weighted by Crippen LogP contribution is -2.38. The first kappa shape index (κ1) is 21.9. The third kappa shape index (κ3) is 6.08. The van der Waals surface area contributed by atoms with Crippen molar-refractivity contribution in [3.8, 4) is 5.75 Å². The molecule has 3 amide bonds. The number of nitrogens with one attached hydrogen (secondary N) is 3. The van der Waals surface area contributed by atoms with Gasteiger partial charge in [0.25, 0.3) is 0 Å². The first-order valence-corrected chi connectivity index (χ1v) is 9.98. The topological polar surface area (TPSA) is 97.3 Å². The number of hydrogen-bond acceptors (Lipinski definition) is 4. The van der Waals surface area contributed by atoms with Gasteiger partial charge >= 0.3 is 6.03 Å². The summed E-state index contributed by atoms with van der Waals surface area (Å²) < 4.78 is 7.01. The van der Waals surface area contributed by atoms with Crippen molar-refractivity contribution in [3.05, 3.63) is 77.1 Å². The van der Waals surface area contributed by atoms with Crippen molar-refractivity contribution in [1.29, 1.82) is 0 Å². The lowest BCUT2D eigenvalue weighted by molar-refractivity contribution is -0.120. The number of ether oxygens (including phenoxy) is 1. The van der Waals surface area contributed by atoms with E-state index in [1.54, 1.807) is 31.4 Å². The summed E-state index contributed by atoms with van der Waals surface area (Å²) in [6.45, 7) is 4.82. The number of rotatable bonds is 8. The van der Waals surface area contributed by atoms with Gasteiger partial charge in [-0.15, -0.1) is 0 Å². The van der Waals surface area contributed by atoms with Crippen LogP contribution in [0.1, 0.15) is 22.5 Å². The summed E-state index contributed by atoms with van der Waals surface area (Å²) >= 11 is 0. The predicted octanol–water partition coefficient (Wildman–Crippen LogP) is 2.99. The molecule has 0 fully saturated rings. The van der Waals surface area contributed by atoms with Crippen LogP contribution in [-0.4, -0.2) is 35.4 Å². The second-order valence-corrected chi connectivity index (χ2v) is 7.11. The Morgan fingerprint density at radius 3 is 2.39 bits per heavy atom. The van der Waals surface area contributed by atoms with Crippen molar-refractivity contribution in [2.75, 3.05) is 19.0 Å². The molecule has 0 saturated heterocycles. The van der Waals surface area contributed by atoms with Gasteiger partial charge in [-0.2, -0.15) is 5.10 Å². The Hall–Kier alpha value is -3.81. The van der Waals surface area contributed by atoms with Crippen LogP contribution in [-0.2, 0) is 17.9 Å². The number of hydrogen-bond donors (Lipinski definition) is 3. The first-order chi connectivity index (χ1) is 15.0. The van der Waals surface area contributed by atoms with Crippen LogP contribution >= 0.6 is 0 Å². The summed E-state index contributed by atoms with van der Waals surface area (Å²) in [6.07, 6.45) is 0. The van der Waals surface area contributed by atoms with E-state index in [4.69, 9.17) is 4.74 Å². The van der Waals surface area contributed by atoms with Crippen LogP contribution < -0.4 is 20.7 Å². The molecular weight excluding hydrogens is 394 g/mol. The summed E-state index contributed by atoms with van der Waals surface area (Å²) in [5.74, 6) is 0.419. The van der Waals surface area contributed by atoms with Crippen molar-refractivity contribution in [2.24, 2.45) is 0 Å². The maximum absolute atomic E-state index is 12.2. The van der Waals surface area contributed by atoms with Gasteiger partial charge < -0.3 is 20.7 Å². The molecule has 3 N–H and O–H groups in total. The second kappa shape index (κ2) is 10.3. The normalized spacial score (nSPS) is 10.4. The molecule has 0 aliphatic heterocycles. The minimum absolute atomic E-state index is 0.127. The SMILES string of the molecule is COc1ccc(NC(=O)NCC(=O)NCc2c(C)nn(Cc3ccccc3)c2C)cc1. The summed E-state index contributed by atoms with van der Waals surface area (Å²) in [4.78, 5) is 24.2. The highest BCUT2D eigenvalue weighted by Crippen LogP contribution is 2.15. The Balaban J connectivity index is 1.47. The molecule has 8 heteroatoms. The van der Waals surface area contributed by atoms with E-state index in [-0.39, 0.29) is 12.5 Å². The highest BCUT2D eigenvalue weighted by molar-refractivity contribution is 5.92. The fraction of sp³-hybridized carbons (Fsp3) is 0.261. The monoisotopic (exact) mass is 421 g/mol. The van der Waals surface area contributed by atoms with Gasteiger partial charge in [0, 0.05) is 23.5 Å². The summed E-state index contributed by atoms with van der Waals surface area (Å²) in [5, 5.41) is 12.7.